The molecule has 0 spiro atoms. The van der Waals surface area contributed by atoms with Crippen molar-refractivity contribution >= 4 is 34.8 Å². The monoisotopic (exact) mass is 457 g/mol. The van der Waals surface area contributed by atoms with Gasteiger partial charge in [0.15, 0.2) is 0 Å². The van der Waals surface area contributed by atoms with Crippen LogP contribution in [0.1, 0.15) is 36.3 Å². The van der Waals surface area contributed by atoms with Gasteiger partial charge in [0.25, 0.3) is 0 Å². The van der Waals surface area contributed by atoms with E-state index in [-0.39, 0.29) is 23.8 Å². The Labute approximate surface area is 182 Å². The molecule has 1 aromatic carbocycles. The van der Waals surface area contributed by atoms with E-state index in [4.69, 9.17) is 23.2 Å². The summed E-state index contributed by atoms with van der Waals surface area (Å²) in [4.78, 5) is 18.0. The molecule has 30 heavy (non-hydrogen) atoms. The average molecular weight is 458 g/mol. The minimum Gasteiger partial charge on any atom is -0.368 e. The Kier molecular flexibility index (Phi) is 5.86. The third-order valence-corrected chi connectivity index (χ3v) is 6.09. The quantitative estimate of drug-likeness (QED) is 0.662. The number of rotatable bonds is 5. The molecule has 1 aliphatic carbocycles. The highest BCUT2D eigenvalue weighted by Crippen LogP contribution is 2.50. The summed E-state index contributed by atoms with van der Waals surface area (Å²) in [5.41, 5.74) is 0.699. The van der Waals surface area contributed by atoms with Gasteiger partial charge < -0.3 is 10.2 Å². The molecule has 1 amide bonds. The van der Waals surface area contributed by atoms with Crippen molar-refractivity contribution in [2.24, 2.45) is 5.92 Å². The number of nitrogens with zero attached hydrogens (tertiary/aromatic N) is 2. The number of carbonyl (C=O) groups excluding carboxylic acids is 1. The number of pyridine rings is 1. The van der Waals surface area contributed by atoms with E-state index in [1.165, 1.54) is 6.20 Å². The minimum absolute atomic E-state index is 0.0374. The van der Waals surface area contributed by atoms with Crippen molar-refractivity contribution in [3.63, 3.8) is 0 Å². The van der Waals surface area contributed by atoms with Crippen LogP contribution in [0, 0.1) is 5.92 Å². The van der Waals surface area contributed by atoms with E-state index in [0.29, 0.717) is 41.7 Å². The number of nitrogens with one attached hydrogen (secondary N) is 1. The molecule has 3 atom stereocenters. The number of carbonyl (C=O) groups is 1. The number of hydrogen-bond donors (Lipinski definition) is 1. The number of benzene rings is 1. The van der Waals surface area contributed by atoms with E-state index < -0.39 is 11.7 Å². The molecular formula is C21H20Cl2F3N3O. The summed E-state index contributed by atoms with van der Waals surface area (Å²) in [6.45, 7) is 1.04. The molecule has 160 valence electrons. The van der Waals surface area contributed by atoms with E-state index in [9.17, 15) is 18.0 Å². The number of hydrogen-bond acceptors (Lipinski definition) is 3. The summed E-state index contributed by atoms with van der Waals surface area (Å²) in [5.74, 6) is 0.498. The summed E-state index contributed by atoms with van der Waals surface area (Å²) < 4.78 is 38.7. The van der Waals surface area contributed by atoms with Gasteiger partial charge in [-0.15, -0.1) is 0 Å². The third-order valence-electron chi connectivity index (χ3n) is 5.65. The summed E-state index contributed by atoms with van der Waals surface area (Å²) in [6, 6.07) is 6.46. The molecule has 4 rings (SSSR count). The fourth-order valence-electron chi connectivity index (χ4n) is 4.06. The topological polar surface area (TPSA) is 45.2 Å². The Morgan fingerprint density at radius 1 is 1.17 bits per heavy atom. The van der Waals surface area contributed by atoms with Gasteiger partial charge in [0, 0.05) is 41.8 Å². The van der Waals surface area contributed by atoms with Crippen LogP contribution in [0.5, 0.6) is 0 Å². The predicted molar refractivity (Wildman–Crippen MR) is 110 cm³/mol. The highest BCUT2D eigenvalue weighted by Gasteiger charge is 2.40. The number of halogens is 5. The lowest BCUT2D eigenvalue weighted by atomic mass is 10.1. The molecule has 2 aliphatic rings. The maximum absolute atomic E-state index is 12.9. The second-order valence-electron chi connectivity index (χ2n) is 7.94. The normalized spacial score (nSPS) is 23.5. The molecule has 0 radical (unpaired) electrons. The Balaban J connectivity index is 1.29. The van der Waals surface area contributed by atoms with Gasteiger partial charge in [-0.2, -0.15) is 13.2 Å². The molecule has 0 bridgehead atoms. The first-order chi connectivity index (χ1) is 14.2. The SMILES string of the molecule is O=C(C[C@H]1C[C@H]1c1cc(Cl)cc(Cl)c1)N[C@@H]1CCN(c2cncc(C(F)(F)F)c2)C1. The first kappa shape index (κ1) is 21.2. The highest BCUT2D eigenvalue weighted by atomic mass is 35.5. The molecule has 0 unspecified atom stereocenters. The Hall–Kier alpha value is -1.99. The van der Waals surface area contributed by atoms with Crippen LogP contribution in [0.3, 0.4) is 0 Å². The zero-order chi connectivity index (χ0) is 21.5. The van der Waals surface area contributed by atoms with E-state index in [1.54, 1.807) is 6.07 Å². The van der Waals surface area contributed by atoms with E-state index >= 15 is 0 Å². The summed E-state index contributed by atoms with van der Waals surface area (Å²) in [5, 5.41) is 4.19. The van der Waals surface area contributed by atoms with Gasteiger partial charge >= 0.3 is 6.18 Å². The summed E-state index contributed by atoms with van der Waals surface area (Å²) >= 11 is 12.1. The minimum atomic E-state index is -4.43. The molecule has 2 fully saturated rings. The van der Waals surface area contributed by atoms with Crippen molar-refractivity contribution in [2.45, 2.75) is 37.4 Å². The average Bonchev–Trinajstić information content (AvgIpc) is 3.26. The van der Waals surface area contributed by atoms with Crippen molar-refractivity contribution < 1.29 is 18.0 Å². The van der Waals surface area contributed by atoms with Gasteiger partial charge in [-0.25, -0.2) is 0 Å². The molecule has 1 N–H and O–H groups in total. The summed E-state index contributed by atoms with van der Waals surface area (Å²) in [6.07, 6.45) is -0.181. The highest BCUT2D eigenvalue weighted by molar-refractivity contribution is 6.34. The lowest BCUT2D eigenvalue weighted by molar-refractivity contribution is -0.137. The van der Waals surface area contributed by atoms with E-state index in [2.05, 4.69) is 10.3 Å². The first-order valence-corrected chi connectivity index (χ1v) is 10.5. The largest absolute Gasteiger partial charge is 0.417 e. The predicted octanol–water partition coefficient (Wildman–Crippen LogP) is 5.30. The third kappa shape index (κ3) is 5.01. The molecule has 1 aliphatic heterocycles. The van der Waals surface area contributed by atoms with Crippen LogP contribution in [0.4, 0.5) is 18.9 Å². The van der Waals surface area contributed by atoms with Crippen LogP contribution < -0.4 is 10.2 Å². The second-order valence-corrected chi connectivity index (χ2v) is 8.81. The molecule has 1 saturated heterocycles. The van der Waals surface area contributed by atoms with Crippen LogP contribution in [0.2, 0.25) is 10.0 Å². The number of alkyl halides is 3. The maximum Gasteiger partial charge on any atom is 0.417 e. The molecule has 2 heterocycles. The fourth-order valence-corrected chi connectivity index (χ4v) is 4.61. The molecule has 9 heteroatoms. The van der Waals surface area contributed by atoms with E-state index in [1.807, 2.05) is 17.0 Å². The number of aromatic nitrogens is 1. The van der Waals surface area contributed by atoms with Gasteiger partial charge in [0.05, 0.1) is 17.4 Å². The lowest BCUT2D eigenvalue weighted by Crippen LogP contribution is -2.37. The van der Waals surface area contributed by atoms with Gasteiger partial charge in [0.1, 0.15) is 0 Å². The van der Waals surface area contributed by atoms with Crippen LogP contribution in [0.25, 0.3) is 0 Å². The zero-order valence-corrected chi connectivity index (χ0v) is 17.4. The smallest absolute Gasteiger partial charge is 0.368 e. The Bertz CT molecular complexity index is 933. The van der Waals surface area contributed by atoms with Crippen molar-refractivity contribution in [2.75, 3.05) is 18.0 Å². The van der Waals surface area contributed by atoms with E-state index in [0.717, 1.165) is 24.2 Å². The molecule has 2 aromatic rings. The van der Waals surface area contributed by atoms with Crippen LogP contribution >= 0.6 is 23.2 Å². The van der Waals surface area contributed by atoms with Gasteiger partial charge in [-0.05, 0) is 54.5 Å². The number of amides is 1. The van der Waals surface area contributed by atoms with Crippen LogP contribution in [-0.2, 0) is 11.0 Å². The molecule has 1 aromatic heterocycles. The zero-order valence-electron chi connectivity index (χ0n) is 15.9. The maximum atomic E-state index is 12.9. The van der Waals surface area contributed by atoms with Crippen molar-refractivity contribution in [1.82, 2.24) is 10.3 Å². The fraction of sp³-hybridized carbons (Fsp3) is 0.429. The first-order valence-electron chi connectivity index (χ1n) is 9.71. The lowest BCUT2D eigenvalue weighted by Gasteiger charge is -2.20. The van der Waals surface area contributed by atoms with Gasteiger partial charge in [-0.1, -0.05) is 23.2 Å². The van der Waals surface area contributed by atoms with Crippen molar-refractivity contribution in [1.29, 1.82) is 0 Å². The van der Waals surface area contributed by atoms with Gasteiger partial charge in [-0.3, -0.25) is 9.78 Å². The van der Waals surface area contributed by atoms with Gasteiger partial charge in [0.2, 0.25) is 5.91 Å². The van der Waals surface area contributed by atoms with Crippen molar-refractivity contribution in [3.05, 3.63) is 57.8 Å². The molecular weight excluding hydrogens is 438 g/mol. The van der Waals surface area contributed by atoms with Crippen molar-refractivity contribution in [3.8, 4) is 0 Å². The Morgan fingerprint density at radius 3 is 2.60 bits per heavy atom. The summed E-state index contributed by atoms with van der Waals surface area (Å²) in [7, 11) is 0. The second kappa shape index (κ2) is 8.27. The number of anilines is 1. The molecule has 4 nitrogen and oxygen atoms in total. The van der Waals surface area contributed by atoms with Crippen LogP contribution in [-0.4, -0.2) is 30.0 Å². The molecule has 1 saturated carbocycles. The standard InChI is InChI=1S/C21H20Cl2F3N3O/c22-15-3-12(4-16(23)8-15)19-5-13(19)6-20(30)28-17-1-2-29(11-17)18-7-14(9-27-10-18)21(24,25)26/h3-4,7-10,13,17,19H,1-2,5-6,11H2,(H,28,30)/t13-,17-,19+/m1/s1. The van der Waals surface area contributed by atoms with Crippen LogP contribution in [0.15, 0.2) is 36.7 Å². The Morgan fingerprint density at radius 2 is 1.90 bits per heavy atom.